The number of rotatable bonds is 4. The fourth-order valence-corrected chi connectivity index (χ4v) is 3.73. The van der Waals surface area contributed by atoms with E-state index in [2.05, 4.69) is 26.1 Å². The van der Waals surface area contributed by atoms with Gasteiger partial charge in [-0.15, -0.1) is 12.4 Å². The number of halogens is 1. The Morgan fingerprint density at radius 1 is 1.21 bits per heavy atom. The Bertz CT molecular complexity index is 672. The number of hydrogen-bond acceptors (Lipinski definition) is 4. The van der Waals surface area contributed by atoms with Gasteiger partial charge in [0.25, 0.3) is 5.91 Å². The Labute approximate surface area is 174 Å². The van der Waals surface area contributed by atoms with Crippen LogP contribution in [0, 0.1) is 0 Å². The van der Waals surface area contributed by atoms with Crippen molar-refractivity contribution in [2.24, 2.45) is 0 Å². The number of piperidine rings is 1. The minimum atomic E-state index is -0.0119. The van der Waals surface area contributed by atoms with E-state index >= 15 is 0 Å². The number of benzene rings is 1. The zero-order valence-corrected chi connectivity index (χ0v) is 17.9. The molecular weight excluding hydrogens is 378 g/mol. The zero-order valence-electron chi connectivity index (χ0n) is 17.1. The van der Waals surface area contributed by atoms with Crippen LogP contribution < -0.4 is 10.1 Å². The van der Waals surface area contributed by atoms with Gasteiger partial charge in [0.1, 0.15) is 5.75 Å². The summed E-state index contributed by atoms with van der Waals surface area (Å²) in [6, 6.07) is 8.07. The van der Waals surface area contributed by atoms with Crippen LogP contribution in [0.3, 0.4) is 0 Å². The third-order valence-corrected chi connectivity index (χ3v) is 5.40. The highest BCUT2D eigenvalue weighted by Gasteiger charge is 2.31. The van der Waals surface area contributed by atoms with Gasteiger partial charge in [0, 0.05) is 32.2 Å². The van der Waals surface area contributed by atoms with E-state index in [1.165, 1.54) is 5.56 Å². The first kappa shape index (κ1) is 22.5. The van der Waals surface area contributed by atoms with Crippen LogP contribution in [-0.2, 0) is 15.0 Å². The number of nitrogens with one attached hydrogen (secondary N) is 1. The zero-order chi connectivity index (χ0) is 19.4. The lowest BCUT2D eigenvalue weighted by Crippen LogP contribution is -2.57. The van der Waals surface area contributed by atoms with Crippen molar-refractivity contribution in [3.63, 3.8) is 0 Å². The van der Waals surface area contributed by atoms with Gasteiger partial charge in [-0.2, -0.15) is 0 Å². The van der Waals surface area contributed by atoms with Gasteiger partial charge in [0.2, 0.25) is 5.91 Å². The Hall–Kier alpha value is -1.79. The van der Waals surface area contributed by atoms with Crippen LogP contribution in [0.2, 0.25) is 0 Å². The van der Waals surface area contributed by atoms with E-state index in [-0.39, 0.29) is 42.3 Å². The van der Waals surface area contributed by atoms with Crippen molar-refractivity contribution >= 4 is 24.2 Å². The molecule has 28 heavy (non-hydrogen) atoms. The normalized spacial score (nSPS) is 20.5. The number of amides is 2. The van der Waals surface area contributed by atoms with Crippen molar-refractivity contribution in [1.82, 2.24) is 15.1 Å². The molecule has 3 rings (SSSR count). The molecule has 2 heterocycles. The van der Waals surface area contributed by atoms with Gasteiger partial charge in [0.15, 0.2) is 6.61 Å². The molecule has 2 saturated heterocycles. The van der Waals surface area contributed by atoms with Crippen molar-refractivity contribution < 1.29 is 14.3 Å². The standard InChI is InChI=1S/C21H31N3O3.ClH/c1-21(2,3)16-6-8-18(9-7-16)27-15-20(26)23-11-4-5-17(14-23)24-12-10-22-13-19(24)25;/h6-9,17,22H,4-5,10-15H2,1-3H3;1H. The molecule has 0 aliphatic carbocycles. The van der Waals surface area contributed by atoms with Gasteiger partial charge in [-0.1, -0.05) is 32.9 Å². The molecule has 1 aromatic rings. The molecule has 0 spiro atoms. The van der Waals surface area contributed by atoms with Crippen molar-refractivity contribution in [3.05, 3.63) is 29.8 Å². The summed E-state index contributed by atoms with van der Waals surface area (Å²) in [5.74, 6) is 0.833. The van der Waals surface area contributed by atoms with Crippen LogP contribution in [0.4, 0.5) is 0 Å². The van der Waals surface area contributed by atoms with Crippen LogP contribution in [0.25, 0.3) is 0 Å². The van der Waals surface area contributed by atoms with E-state index in [1.54, 1.807) is 0 Å². The molecule has 0 bridgehead atoms. The van der Waals surface area contributed by atoms with Gasteiger partial charge < -0.3 is 19.9 Å². The number of ether oxygens (including phenoxy) is 1. The lowest BCUT2D eigenvalue weighted by atomic mass is 9.87. The van der Waals surface area contributed by atoms with Gasteiger partial charge in [0.05, 0.1) is 6.54 Å². The molecule has 6 nitrogen and oxygen atoms in total. The van der Waals surface area contributed by atoms with E-state index < -0.39 is 0 Å². The molecule has 156 valence electrons. The molecule has 0 radical (unpaired) electrons. The number of carbonyl (C=O) groups is 2. The summed E-state index contributed by atoms with van der Waals surface area (Å²) in [4.78, 5) is 28.5. The average Bonchev–Trinajstić information content (AvgIpc) is 2.66. The summed E-state index contributed by atoms with van der Waals surface area (Å²) in [5, 5.41) is 3.10. The molecule has 2 amide bonds. The first-order valence-electron chi connectivity index (χ1n) is 9.86. The summed E-state index contributed by atoms with van der Waals surface area (Å²) in [7, 11) is 0. The van der Waals surface area contributed by atoms with Crippen LogP contribution in [0.1, 0.15) is 39.2 Å². The minimum Gasteiger partial charge on any atom is -0.484 e. The quantitative estimate of drug-likeness (QED) is 0.828. The highest BCUT2D eigenvalue weighted by molar-refractivity contribution is 5.85. The summed E-state index contributed by atoms with van der Waals surface area (Å²) in [5.41, 5.74) is 1.33. The predicted octanol–water partition coefficient (Wildman–Crippen LogP) is 2.21. The summed E-state index contributed by atoms with van der Waals surface area (Å²) in [6.45, 7) is 9.84. The second-order valence-corrected chi connectivity index (χ2v) is 8.46. The molecule has 1 unspecified atom stereocenters. The van der Waals surface area contributed by atoms with Crippen molar-refractivity contribution in [2.45, 2.75) is 45.1 Å². The van der Waals surface area contributed by atoms with Gasteiger partial charge in [-0.3, -0.25) is 9.59 Å². The summed E-state index contributed by atoms with van der Waals surface area (Å²) >= 11 is 0. The number of likely N-dealkylation sites (tertiary alicyclic amines) is 1. The molecule has 2 aliphatic rings. The number of carbonyl (C=O) groups excluding carboxylic acids is 2. The average molecular weight is 410 g/mol. The third-order valence-electron chi connectivity index (χ3n) is 5.40. The Morgan fingerprint density at radius 3 is 2.57 bits per heavy atom. The smallest absolute Gasteiger partial charge is 0.260 e. The Kier molecular flexibility index (Phi) is 7.72. The van der Waals surface area contributed by atoms with Crippen molar-refractivity contribution in [2.75, 3.05) is 39.3 Å². The lowest BCUT2D eigenvalue weighted by molar-refractivity contribution is -0.141. The number of nitrogens with zero attached hydrogens (tertiary/aromatic N) is 2. The van der Waals surface area contributed by atoms with E-state index in [4.69, 9.17) is 4.74 Å². The fourth-order valence-electron chi connectivity index (χ4n) is 3.73. The molecule has 1 aromatic carbocycles. The van der Waals surface area contributed by atoms with E-state index in [9.17, 15) is 9.59 Å². The fraction of sp³-hybridized carbons (Fsp3) is 0.619. The van der Waals surface area contributed by atoms with E-state index in [0.717, 1.165) is 32.5 Å². The molecule has 1 N–H and O–H groups in total. The maximum atomic E-state index is 12.6. The van der Waals surface area contributed by atoms with Crippen LogP contribution in [-0.4, -0.2) is 67.0 Å². The van der Waals surface area contributed by atoms with E-state index in [0.29, 0.717) is 18.8 Å². The highest BCUT2D eigenvalue weighted by atomic mass is 35.5. The van der Waals surface area contributed by atoms with Crippen LogP contribution in [0.15, 0.2) is 24.3 Å². The molecule has 1 atom stereocenters. The largest absolute Gasteiger partial charge is 0.484 e. The monoisotopic (exact) mass is 409 g/mol. The summed E-state index contributed by atoms with van der Waals surface area (Å²) < 4.78 is 5.71. The second kappa shape index (κ2) is 9.61. The number of hydrogen-bond donors (Lipinski definition) is 1. The maximum Gasteiger partial charge on any atom is 0.260 e. The molecule has 2 aliphatic heterocycles. The van der Waals surface area contributed by atoms with Crippen LogP contribution >= 0.6 is 12.4 Å². The predicted molar refractivity (Wildman–Crippen MR) is 112 cm³/mol. The topological polar surface area (TPSA) is 61.9 Å². The van der Waals surface area contributed by atoms with Crippen LogP contribution in [0.5, 0.6) is 5.75 Å². The molecule has 0 saturated carbocycles. The second-order valence-electron chi connectivity index (χ2n) is 8.46. The maximum absolute atomic E-state index is 12.6. The highest BCUT2D eigenvalue weighted by Crippen LogP contribution is 2.24. The number of piperazine rings is 1. The Morgan fingerprint density at radius 2 is 1.93 bits per heavy atom. The molecule has 2 fully saturated rings. The SMILES string of the molecule is CC(C)(C)c1ccc(OCC(=O)N2CCCC(N3CCNCC3=O)C2)cc1.Cl. The van der Waals surface area contributed by atoms with Gasteiger partial charge >= 0.3 is 0 Å². The van der Waals surface area contributed by atoms with Gasteiger partial charge in [-0.25, -0.2) is 0 Å². The minimum absolute atomic E-state index is 0. The molecular formula is C21H32ClN3O3. The Balaban J connectivity index is 0.00000280. The van der Waals surface area contributed by atoms with Gasteiger partial charge in [-0.05, 0) is 36.0 Å². The first-order chi connectivity index (χ1) is 12.8. The van der Waals surface area contributed by atoms with Crippen molar-refractivity contribution in [3.8, 4) is 5.75 Å². The third kappa shape index (κ3) is 5.61. The van der Waals surface area contributed by atoms with Crippen molar-refractivity contribution in [1.29, 1.82) is 0 Å². The van der Waals surface area contributed by atoms with E-state index in [1.807, 2.05) is 34.1 Å². The molecule has 7 heteroatoms. The summed E-state index contributed by atoms with van der Waals surface area (Å²) in [6.07, 6.45) is 1.89. The molecule has 0 aromatic heterocycles. The first-order valence-corrected chi connectivity index (χ1v) is 9.86. The lowest BCUT2D eigenvalue weighted by Gasteiger charge is -2.41.